The van der Waals surface area contributed by atoms with Gasteiger partial charge < -0.3 is 5.73 Å². The van der Waals surface area contributed by atoms with Gasteiger partial charge in [0.2, 0.25) is 0 Å². The van der Waals surface area contributed by atoms with Crippen molar-refractivity contribution in [1.82, 2.24) is 4.90 Å². The van der Waals surface area contributed by atoms with Crippen molar-refractivity contribution in [3.63, 3.8) is 0 Å². The Morgan fingerprint density at radius 3 is 2.32 bits per heavy atom. The van der Waals surface area contributed by atoms with Crippen LogP contribution in [-0.4, -0.2) is 36.5 Å². The molecule has 0 fully saturated rings. The van der Waals surface area contributed by atoms with Crippen LogP contribution in [0.4, 0.5) is 0 Å². The van der Waals surface area contributed by atoms with E-state index in [4.69, 9.17) is 5.73 Å². The third-order valence-electron chi connectivity index (χ3n) is 4.03. The maximum absolute atomic E-state index is 6.06. The lowest BCUT2D eigenvalue weighted by atomic mass is 9.94. The minimum atomic E-state index is 0.318. The maximum Gasteiger partial charge on any atom is 0.0475 e. The van der Waals surface area contributed by atoms with Gasteiger partial charge in [0.05, 0.1) is 0 Å². The standard InChI is InChI=1S/C16H28N2S/c1-12-7-6-8-13(2)16(12)15(11-17)18(4)14(3)9-10-19-5/h6-8,14-15H,9-11,17H2,1-5H3. The molecule has 1 rings (SSSR count). The van der Waals surface area contributed by atoms with Crippen molar-refractivity contribution in [1.29, 1.82) is 0 Å². The van der Waals surface area contributed by atoms with Crippen LogP contribution in [0.15, 0.2) is 18.2 Å². The minimum absolute atomic E-state index is 0.318. The zero-order chi connectivity index (χ0) is 14.4. The second-order valence-corrected chi connectivity index (χ2v) is 6.34. The van der Waals surface area contributed by atoms with Crippen LogP contribution < -0.4 is 5.73 Å². The molecule has 3 heteroatoms. The summed E-state index contributed by atoms with van der Waals surface area (Å²) in [6, 6.07) is 7.37. The van der Waals surface area contributed by atoms with E-state index >= 15 is 0 Å². The Labute approximate surface area is 122 Å². The van der Waals surface area contributed by atoms with Crippen molar-refractivity contribution in [3.05, 3.63) is 34.9 Å². The van der Waals surface area contributed by atoms with Crippen molar-refractivity contribution in [2.45, 2.75) is 39.3 Å². The molecule has 0 amide bonds. The minimum Gasteiger partial charge on any atom is -0.329 e. The van der Waals surface area contributed by atoms with Gasteiger partial charge in [-0.15, -0.1) is 0 Å². The van der Waals surface area contributed by atoms with Crippen LogP contribution in [0.1, 0.15) is 36.1 Å². The van der Waals surface area contributed by atoms with Gasteiger partial charge in [0.1, 0.15) is 0 Å². The summed E-state index contributed by atoms with van der Waals surface area (Å²) < 4.78 is 0. The average molecular weight is 280 g/mol. The molecule has 108 valence electrons. The lowest BCUT2D eigenvalue weighted by Gasteiger charge is -2.34. The molecule has 2 atom stereocenters. The average Bonchev–Trinajstić information content (AvgIpc) is 2.39. The number of hydrogen-bond acceptors (Lipinski definition) is 3. The summed E-state index contributed by atoms with van der Waals surface area (Å²) in [5.74, 6) is 1.20. The van der Waals surface area contributed by atoms with Crippen LogP contribution in [-0.2, 0) is 0 Å². The van der Waals surface area contributed by atoms with Crippen molar-refractivity contribution < 1.29 is 0 Å². The Hall–Kier alpha value is -0.510. The lowest BCUT2D eigenvalue weighted by Crippen LogP contribution is -2.38. The molecule has 0 heterocycles. The molecule has 0 aliphatic carbocycles. The van der Waals surface area contributed by atoms with Crippen LogP contribution in [0.25, 0.3) is 0 Å². The molecule has 2 unspecified atom stereocenters. The predicted octanol–water partition coefficient (Wildman–Crippen LogP) is 3.38. The van der Waals surface area contributed by atoms with E-state index in [2.05, 4.69) is 57.2 Å². The molecule has 0 aromatic heterocycles. The third-order valence-corrected chi connectivity index (χ3v) is 4.67. The first kappa shape index (κ1) is 16.5. The van der Waals surface area contributed by atoms with Gasteiger partial charge in [0.15, 0.2) is 0 Å². The van der Waals surface area contributed by atoms with Gasteiger partial charge in [-0.25, -0.2) is 0 Å². The molecule has 2 N–H and O–H groups in total. The highest BCUT2D eigenvalue weighted by Crippen LogP contribution is 2.27. The Morgan fingerprint density at radius 2 is 1.84 bits per heavy atom. The fraction of sp³-hybridized carbons (Fsp3) is 0.625. The highest BCUT2D eigenvalue weighted by molar-refractivity contribution is 7.98. The summed E-state index contributed by atoms with van der Waals surface area (Å²) in [6.07, 6.45) is 3.37. The number of nitrogens with two attached hydrogens (primary N) is 1. The fourth-order valence-electron chi connectivity index (χ4n) is 2.64. The summed E-state index contributed by atoms with van der Waals surface area (Å²) in [4.78, 5) is 2.44. The normalized spacial score (nSPS) is 14.7. The van der Waals surface area contributed by atoms with Crippen LogP contribution in [0.2, 0.25) is 0 Å². The van der Waals surface area contributed by atoms with Gasteiger partial charge in [-0.1, -0.05) is 18.2 Å². The lowest BCUT2D eigenvalue weighted by molar-refractivity contribution is 0.184. The number of aryl methyl sites for hydroxylation is 2. The van der Waals surface area contributed by atoms with E-state index in [-0.39, 0.29) is 0 Å². The summed E-state index contributed by atoms with van der Waals surface area (Å²) in [5.41, 5.74) is 10.2. The van der Waals surface area contributed by atoms with Gasteiger partial charge in [-0.3, -0.25) is 4.90 Å². The Bertz CT molecular complexity index is 372. The van der Waals surface area contributed by atoms with Gasteiger partial charge in [0, 0.05) is 18.6 Å². The molecule has 2 nitrogen and oxygen atoms in total. The molecule has 0 bridgehead atoms. The quantitative estimate of drug-likeness (QED) is 0.830. The van der Waals surface area contributed by atoms with Crippen LogP contribution in [0.5, 0.6) is 0 Å². The first-order chi connectivity index (χ1) is 9.02. The largest absolute Gasteiger partial charge is 0.329 e. The van der Waals surface area contributed by atoms with E-state index in [9.17, 15) is 0 Å². The summed E-state index contributed by atoms with van der Waals surface area (Å²) in [7, 11) is 2.20. The number of thioether (sulfide) groups is 1. The zero-order valence-electron chi connectivity index (χ0n) is 12.9. The van der Waals surface area contributed by atoms with E-state index in [0.717, 1.165) is 0 Å². The van der Waals surface area contributed by atoms with Crippen LogP contribution in [0.3, 0.4) is 0 Å². The zero-order valence-corrected chi connectivity index (χ0v) is 13.8. The molecule has 1 aromatic carbocycles. The van der Waals surface area contributed by atoms with E-state index < -0.39 is 0 Å². The maximum atomic E-state index is 6.06. The van der Waals surface area contributed by atoms with Gasteiger partial charge in [-0.05, 0) is 62.9 Å². The number of hydrogen-bond donors (Lipinski definition) is 1. The third kappa shape index (κ3) is 4.23. The van der Waals surface area contributed by atoms with E-state index in [1.807, 2.05) is 11.8 Å². The molecule has 0 saturated heterocycles. The van der Waals surface area contributed by atoms with Gasteiger partial charge >= 0.3 is 0 Å². The molecule has 0 radical (unpaired) electrons. The molecule has 1 aromatic rings. The highest BCUT2D eigenvalue weighted by Gasteiger charge is 2.22. The molecular weight excluding hydrogens is 252 g/mol. The Kier molecular flexibility index (Phi) is 6.90. The van der Waals surface area contributed by atoms with E-state index in [0.29, 0.717) is 18.6 Å². The van der Waals surface area contributed by atoms with E-state index in [1.54, 1.807) is 0 Å². The van der Waals surface area contributed by atoms with Crippen molar-refractivity contribution in [2.24, 2.45) is 5.73 Å². The molecule has 0 saturated carbocycles. The first-order valence-corrected chi connectivity index (χ1v) is 8.39. The molecule has 0 aliphatic heterocycles. The highest BCUT2D eigenvalue weighted by atomic mass is 32.2. The summed E-state index contributed by atoms with van der Waals surface area (Å²) >= 11 is 1.91. The number of rotatable bonds is 7. The fourth-order valence-corrected chi connectivity index (χ4v) is 3.22. The molecule has 19 heavy (non-hydrogen) atoms. The topological polar surface area (TPSA) is 29.3 Å². The van der Waals surface area contributed by atoms with Crippen LogP contribution >= 0.6 is 11.8 Å². The Balaban J connectivity index is 2.93. The van der Waals surface area contributed by atoms with Crippen molar-refractivity contribution in [3.8, 4) is 0 Å². The SMILES string of the molecule is CSCCC(C)N(C)C(CN)c1c(C)cccc1C. The van der Waals surface area contributed by atoms with Gasteiger partial charge in [-0.2, -0.15) is 11.8 Å². The summed E-state index contributed by atoms with van der Waals surface area (Å²) in [5, 5.41) is 0. The smallest absolute Gasteiger partial charge is 0.0475 e. The number of likely N-dealkylation sites (N-methyl/N-ethyl adjacent to an activating group) is 1. The molecule has 0 spiro atoms. The first-order valence-electron chi connectivity index (χ1n) is 7.00. The van der Waals surface area contributed by atoms with Crippen LogP contribution in [0, 0.1) is 13.8 Å². The number of benzene rings is 1. The van der Waals surface area contributed by atoms with E-state index in [1.165, 1.54) is 28.9 Å². The summed E-state index contributed by atoms with van der Waals surface area (Å²) in [6.45, 7) is 7.34. The monoisotopic (exact) mass is 280 g/mol. The predicted molar refractivity (Wildman–Crippen MR) is 87.9 cm³/mol. The molecule has 0 aliphatic rings. The van der Waals surface area contributed by atoms with Gasteiger partial charge in [0.25, 0.3) is 0 Å². The second kappa shape index (κ2) is 7.93. The molecular formula is C16H28N2S. The number of nitrogens with zero attached hydrogens (tertiary/aromatic N) is 1. The Morgan fingerprint density at radius 1 is 1.26 bits per heavy atom. The van der Waals surface area contributed by atoms with Crippen molar-refractivity contribution >= 4 is 11.8 Å². The second-order valence-electron chi connectivity index (χ2n) is 5.35. The van der Waals surface area contributed by atoms with Crippen molar-refractivity contribution in [2.75, 3.05) is 25.6 Å².